The summed E-state index contributed by atoms with van der Waals surface area (Å²) in [6, 6.07) is 19.0. The van der Waals surface area contributed by atoms with E-state index in [1.165, 1.54) is 49.6 Å². The molecule has 6 rings (SSSR count). The standard InChI is InChI=1S/C33H44N4O2/c38-33(39)32(27-11-5-2-6-12-27)37-22-28(29(23-37)26-9-3-1-4-10-26)21-35-18-15-25(16-19-35)17-20-36-24-34-30-13-7-8-14-31(30)36/h1,3-4,7-10,13-14,24-25,27-29,32H,2,5-6,11-12,15-23H2,(H,38,39)/t28-,29+,32+/m0/s1. The molecule has 0 spiro atoms. The molecular formula is C33H44N4O2. The van der Waals surface area contributed by atoms with Crippen molar-refractivity contribution in [3.05, 3.63) is 66.5 Å². The molecule has 0 radical (unpaired) electrons. The molecule has 6 heteroatoms. The molecule has 2 aliphatic heterocycles. The van der Waals surface area contributed by atoms with Crippen molar-refractivity contribution in [3.8, 4) is 0 Å². The molecule has 0 bridgehead atoms. The number of hydrogen-bond donors (Lipinski definition) is 1. The summed E-state index contributed by atoms with van der Waals surface area (Å²) >= 11 is 0. The highest BCUT2D eigenvalue weighted by Crippen LogP contribution is 2.38. The van der Waals surface area contributed by atoms with Crippen molar-refractivity contribution in [1.82, 2.24) is 19.4 Å². The first kappa shape index (κ1) is 26.5. The molecule has 3 atom stereocenters. The van der Waals surface area contributed by atoms with Gasteiger partial charge in [0.2, 0.25) is 0 Å². The maximum absolute atomic E-state index is 12.5. The van der Waals surface area contributed by atoms with Crippen LogP contribution in [0.1, 0.15) is 62.8 Å². The van der Waals surface area contributed by atoms with Crippen LogP contribution in [0.5, 0.6) is 0 Å². The molecule has 2 saturated heterocycles. The average Bonchev–Trinajstić information content (AvgIpc) is 3.58. The minimum absolute atomic E-state index is 0.301. The molecule has 208 valence electrons. The van der Waals surface area contributed by atoms with Crippen LogP contribution in [0.4, 0.5) is 0 Å². The number of carboxylic acid groups (broad SMARTS) is 1. The van der Waals surface area contributed by atoms with Crippen LogP contribution in [-0.2, 0) is 11.3 Å². The minimum atomic E-state index is -0.610. The fourth-order valence-corrected chi connectivity index (χ4v) is 7.80. The molecule has 0 amide bonds. The predicted molar refractivity (Wildman–Crippen MR) is 156 cm³/mol. The van der Waals surface area contributed by atoms with Gasteiger partial charge in [-0.15, -0.1) is 0 Å². The first-order chi connectivity index (χ1) is 19.2. The fraction of sp³-hybridized carbons (Fsp3) is 0.576. The number of aromatic nitrogens is 2. The molecule has 1 saturated carbocycles. The number of nitrogens with zero attached hydrogens (tertiary/aromatic N) is 4. The van der Waals surface area contributed by atoms with Gasteiger partial charge in [0.1, 0.15) is 6.04 Å². The number of likely N-dealkylation sites (tertiary alicyclic amines) is 2. The Hall–Kier alpha value is -2.70. The average molecular weight is 529 g/mol. The van der Waals surface area contributed by atoms with Crippen LogP contribution < -0.4 is 0 Å². The maximum atomic E-state index is 12.5. The largest absolute Gasteiger partial charge is 0.480 e. The predicted octanol–water partition coefficient (Wildman–Crippen LogP) is 5.89. The van der Waals surface area contributed by atoms with Gasteiger partial charge in [-0.1, -0.05) is 61.7 Å². The lowest BCUT2D eigenvalue weighted by molar-refractivity contribution is -0.145. The molecule has 2 aromatic carbocycles. The Morgan fingerprint density at radius 2 is 1.67 bits per heavy atom. The summed E-state index contributed by atoms with van der Waals surface area (Å²) in [5.41, 5.74) is 3.69. The highest BCUT2D eigenvalue weighted by Gasteiger charge is 2.43. The summed E-state index contributed by atoms with van der Waals surface area (Å²) in [7, 11) is 0. The molecule has 1 N–H and O–H groups in total. The van der Waals surface area contributed by atoms with Gasteiger partial charge in [0, 0.05) is 32.1 Å². The molecule has 3 fully saturated rings. The third-order valence-electron chi connectivity index (χ3n) is 9.95. The molecule has 1 aliphatic carbocycles. The second kappa shape index (κ2) is 12.2. The third kappa shape index (κ3) is 6.07. The zero-order valence-electron chi connectivity index (χ0n) is 23.2. The second-order valence-electron chi connectivity index (χ2n) is 12.4. The van der Waals surface area contributed by atoms with Gasteiger partial charge in [0.05, 0.1) is 17.4 Å². The Morgan fingerprint density at radius 3 is 2.44 bits per heavy atom. The SMILES string of the molecule is O=C(O)[C@@H](C1CCCCC1)N1C[C@H](CN2CCC(CCn3cnc4ccccc43)CC2)[C@@H](c2ccccc2)C1. The Morgan fingerprint density at radius 1 is 0.923 bits per heavy atom. The summed E-state index contributed by atoms with van der Waals surface area (Å²) in [5, 5.41) is 10.3. The van der Waals surface area contributed by atoms with Crippen LogP contribution in [0.25, 0.3) is 11.0 Å². The summed E-state index contributed by atoms with van der Waals surface area (Å²) in [4.78, 5) is 22.1. The number of hydrogen-bond acceptors (Lipinski definition) is 4. The Balaban J connectivity index is 1.07. The monoisotopic (exact) mass is 528 g/mol. The fourth-order valence-electron chi connectivity index (χ4n) is 7.80. The van der Waals surface area contributed by atoms with E-state index in [1.54, 1.807) is 0 Å². The van der Waals surface area contributed by atoms with E-state index in [0.717, 1.165) is 63.5 Å². The van der Waals surface area contributed by atoms with E-state index >= 15 is 0 Å². The van der Waals surface area contributed by atoms with Crippen molar-refractivity contribution in [2.75, 3.05) is 32.7 Å². The van der Waals surface area contributed by atoms with Crippen molar-refractivity contribution in [1.29, 1.82) is 0 Å². The quantitative estimate of drug-likeness (QED) is 0.375. The van der Waals surface area contributed by atoms with Gasteiger partial charge in [-0.3, -0.25) is 9.69 Å². The van der Waals surface area contributed by atoms with Crippen LogP contribution >= 0.6 is 0 Å². The van der Waals surface area contributed by atoms with E-state index in [-0.39, 0.29) is 6.04 Å². The molecule has 3 aliphatic rings. The van der Waals surface area contributed by atoms with Crippen molar-refractivity contribution >= 4 is 17.0 Å². The Labute approximate surface area is 233 Å². The number of piperidine rings is 1. The summed E-state index contributed by atoms with van der Waals surface area (Å²) in [6.07, 6.45) is 11.4. The van der Waals surface area contributed by atoms with Gasteiger partial charge in [-0.25, -0.2) is 4.98 Å². The zero-order valence-corrected chi connectivity index (χ0v) is 23.2. The number of rotatable bonds is 9. The van der Waals surface area contributed by atoms with Crippen LogP contribution in [0.2, 0.25) is 0 Å². The second-order valence-corrected chi connectivity index (χ2v) is 12.4. The molecule has 3 heterocycles. The van der Waals surface area contributed by atoms with E-state index in [9.17, 15) is 9.90 Å². The number of aryl methyl sites for hydroxylation is 1. The molecule has 1 aromatic heterocycles. The van der Waals surface area contributed by atoms with Crippen LogP contribution in [0, 0.1) is 17.8 Å². The normalized spacial score (nSPS) is 24.8. The number of para-hydroxylation sites is 2. The lowest BCUT2D eigenvalue weighted by Gasteiger charge is -2.35. The summed E-state index contributed by atoms with van der Waals surface area (Å²) in [6.45, 7) is 6.19. The zero-order chi connectivity index (χ0) is 26.6. The van der Waals surface area contributed by atoms with Crippen molar-refractivity contribution in [3.63, 3.8) is 0 Å². The Kier molecular flexibility index (Phi) is 8.31. The van der Waals surface area contributed by atoms with Crippen LogP contribution in [-0.4, -0.2) is 69.2 Å². The first-order valence-corrected chi connectivity index (χ1v) is 15.3. The minimum Gasteiger partial charge on any atom is -0.480 e. The summed E-state index contributed by atoms with van der Waals surface area (Å²) in [5.74, 6) is 1.33. The summed E-state index contributed by atoms with van der Waals surface area (Å²) < 4.78 is 2.31. The molecular weight excluding hydrogens is 484 g/mol. The van der Waals surface area contributed by atoms with Crippen molar-refractivity contribution in [2.24, 2.45) is 17.8 Å². The van der Waals surface area contributed by atoms with Gasteiger partial charge in [-0.05, 0) is 80.6 Å². The third-order valence-corrected chi connectivity index (χ3v) is 9.95. The van der Waals surface area contributed by atoms with E-state index in [1.807, 2.05) is 6.33 Å². The number of benzene rings is 2. The number of imidazole rings is 1. The molecule has 0 unspecified atom stereocenters. The van der Waals surface area contributed by atoms with Crippen molar-refractivity contribution < 1.29 is 9.90 Å². The number of carbonyl (C=O) groups is 1. The van der Waals surface area contributed by atoms with E-state index < -0.39 is 5.97 Å². The van der Waals surface area contributed by atoms with E-state index in [0.29, 0.717) is 17.8 Å². The van der Waals surface area contributed by atoms with Gasteiger partial charge < -0.3 is 14.6 Å². The van der Waals surface area contributed by atoms with Gasteiger partial charge >= 0.3 is 5.97 Å². The maximum Gasteiger partial charge on any atom is 0.321 e. The lowest BCUT2D eigenvalue weighted by Crippen LogP contribution is -2.46. The van der Waals surface area contributed by atoms with E-state index in [2.05, 4.69) is 73.9 Å². The Bertz CT molecular complexity index is 1210. The van der Waals surface area contributed by atoms with Crippen LogP contribution in [0.3, 0.4) is 0 Å². The van der Waals surface area contributed by atoms with Gasteiger partial charge in [0.25, 0.3) is 0 Å². The smallest absolute Gasteiger partial charge is 0.321 e. The highest BCUT2D eigenvalue weighted by atomic mass is 16.4. The molecule has 6 nitrogen and oxygen atoms in total. The van der Waals surface area contributed by atoms with Crippen molar-refractivity contribution in [2.45, 2.75) is 69.9 Å². The van der Waals surface area contributed by atoms with E-state index in [4.69, 9.17) is 0 Å². The number of aliphatic carboxylic acids is 1. The molecule has 3 aromatic rings. The molecule has 39 heavy (non-hydrogen) atoms. The van der Waals surface area contributed by atoms with Crippen LogP contribution in [0.15, 0.2) is 60.9 Å². The topological polar surface area (TPSA) is 61.6 Å². The number of carboxylic acids is 1. The van der Waals surface area contributed by atoms with Gasteiger partial charge in [-0.2, -0.15) is 0 Å². The first-order valence-electron chi connectivity index (χ1n) is 15.3. The highest BCUT2D eigenvalue weighted by molar-refractivity contribution is 5.75. The number of fused-ring (bicyclic) bond motifs is 1. The lowest BCUT2D eigenvalue weighted by atomic mass is 9.83. The van der Waals surface area contributed by atoms with Gasteiger partial charge in [0.15, 0.2) is 0 Å².